The summed E-state index contributed by atoms with van der Waals surface area (Å²) in [5.41, 5.74) is 0. The summed E-state index contributed by atoms with van der Waals surface area (Å²) >= 11 is 0. The minimum atomic E-state index is -3.78. The summed E-state index contributed by atoms with van der Waals surface area (Å²) in [6.45, 7) is 1.73. The van der Waals surface area contributed by atoms with Gasteiger partial charge in [0.2, 0.25) is 0 Å². The fourth-order valence-electron chi connectivity index (χ4n) is 0.200. The van der Waals surface area contributed by atoms with Gasteiger partial charge in [0.15, 0.2) is 0 Å². The third kappa shape index (κ3) is 7.11. The van der Waals surface area contributed by atoms with Crippen molar-refractivity contribution >= 4 is 7.82 Å². The maximum Gasteiger partial charge on any atom is 0.441 e. The van der Waals surface area contributed by atoms with E-state index >= 15 is 0 Å². The summed E-state index contributed by atoms with van der Waals surface area (Å²) in [5.74, 6) is 0. The van der Waals surface area contributed by atoms with E-state index in [0.717, 1.165) is 0 Å². The Labute approximate surface area is 79.4 Å². The molecule has 1 atom stereocenters. The largest absolute Gasteiger partial charge is 0.467 e. The van der Waals surface area contributed by atoms with Crippen LogP contribution in [0.15, 0.2) is 0 Å². The average Bonchev–Trinajstić information content (AvgIpc) is 1.67. The Kier molecular flexibility index (Phi) is 8.51. The molecule has 0 fully saturated rings. The Hall–Kier alpha value is 1.21. The summed E-state index contributed by atoms with van der Waals surface area (Å²) in [4.78, 5) is 8.37. The smallest absolute Gasteiger partial charge is 0.441 e. The van der Waals surface area contributed by atoms with Gasteiger partial charge in [0.05, 0.1) is 6.61 Å². The molecule has 0 aromatic carbocycles. The van der Waals surface area contributed by atoms with Crippen LogP contribution in [0, 0.1) is 7.11 Å². The maximum absolute atomic E-state index is 10.2. The van der Waals surface area contributed by atoms with Crippen LogP contribution in [-0.2, 0) is 46.3 Å². The predicted molar refractivity (Wildman–Crippen MR) is 27.9 cm³/mol. The van der Waals surface area contributed by atoms with Crippen LogP contribution in [0.5, 0.6) is 0 Å². The molecule has 0 heterocycles. The molecule has 4 nitrogen and oxygen atoms in total. The van der Waals surface area contributed by atoms with Gasteiger partial charge in [-0.3, -0.25) is 4.52 Å². The van der Waals surface area contributed by atoms with Crippen molar-refractivity contribution in [2.45, 2.75) is 6.92 Å². The van der Waals surface area contributed by atoms with E-state index in [-0.39, 0.29) is 39.3 Å². The molecule has 0 spiro atoms. The van der Waals surface area contributed by atoms with Gasteiger partial charge in [-0.15, -0.1) is 0 Å². The number of phosphoric ester groups is 1. The third-order valence-corrected chi connectivity index (χ3v) is 1.37. The van der Waals surface area contributed by atoms with E-state index in [1.807, 2.05) is 0 Å². The van der Waals surface area contributed by atoms with Crippen molar-refractivity contribution in [2.75, 3.05) is 6.61 Å². The molecule has 0 aliphatic heterocycles. The van der Waals surface area contributed by atoms with Gasteiger partial charge in [0, 0.05) is 32.7 Å². The zero-order chi connectivity index (χ0) is 6.62. The van der Waals surface area contributed by atoms with Crippen molar-refractivity contribution in [1.29, 1.82) is 0 Å². The molecule has 0 saturated heterocycles. The van der Waals surface area contributed by atoms with Crippen molar-refractivity contribution in [1.82, 2.24) is 0 Å². The first-order valence-electron chi connectivity index (χ1n) is 2.03. The fourth-order valence-corrected chi connectivity index (χ4v) is 0.601. The van der Waals surface area contributed by atoms with Gasteiger partial charge in [-0.1, -0.05) is 0 Å². The summed E-state index contributed by atoms with van der Waals surface area (Å²) < 4.78 is 18.3. The topological polar surface area (TPSA) is 55.8 Å². The Morgan fingerprint density at radius 1 is 1.78 bits per heavy atom. The van der Waals surface area contributed by atoms with Crippen LogP contribution in [0.3, 0.4) is 0 Å². The molecule has 0 aromatic rings. The van der Waals surface area contributed by atoms with Crippen molar-refractivity contribution in [3.05, 3.63) is 7.11 Å². The average molecular weight is 228 g/mol. The van der Waals surface area contributed by atoms with Gasteiger partial charge in [-0.2, -0.15) is 0 Å². The predicted octanol–water partition coefficient (Wildman–Crippen LogP) is 0.929. The molecular formula is C3H8O4PY-. The summed E-state index contributed by atoms with van der Waals surface area (Å²) in [6.07, 6.45) is 0. The van der Waals surface area contributed by atoms with E-state index in [1.165, 1.54) is 0 Å². The minimum Gasteiger partial charge on any atom is -0.467 e. The van der Waals surface area contributed by atoms with Crippen LogP contribution < -0.4 is 0 Å². The van der Waals surface area contributed by atoms with Crippen LogP contribution >= 0.6 is 7.82 Å². The summed E-state index contributed by atoms with van der Waals surface area (Å²) in [6, 6.07) is 0. The first kappa shape index (κ1) is 12.9. The standard InChI is InChI=1S/C3H8O4P.Y/c1-3-7-8(4,5)6-2;/h2-3H2,1H3,(H,4,5);/q-1;. The quantitative estimate of drug-likeness (QED) is 0.576. The number of hydrogen-bond acceptors (Lipinski definition) is 3. The Balaban J connectivity index is 0. The van der Waals surface area contributed by atoms with E-state index in [1.54, 1.807) is 6.92 Å². The van der Waals surface area contributed by atoms with Crippen molar-refractivity contribution in [3.8, 4) is 0 Å². The van der Waals surface area contributed by atoms with Crippen molar-refractivity contribution in [2.24, 2.45) is 0 Å². The number of phosphoric acid groups is 1. The molecule has 0 aliphatic carbocycles. The van der Waals surface area contributed by atoms with Crippen molar-refractivity contribution in [3.63, 3.8) is 0 Å². The first-order chi connectivity index (χ1) is 3.62. The second kappa shape index (κ2) is 5.96. The minimum absolute atomic E-state index is 0. The van der Waals surface area contributed by atoms with Gasteiger partial charge < -0.3 is 9.42 Å². The molecule has 1 radical (unpaired) electrons. The molecule has 0 aromatic heterocycles. The van der Waals surface area contributed by atoms with Gasteiger partial charge in [-0.05, 0) is 6.92 Å². The molecule has 0 amide bonds. The zero-order valence-electron chi connectivity index (χ0n) is 5.11. The van der Waals surface area contributed by atoms with Gasteiger partial charge >= 0.3 is 7.82 Å². The first-order valence-corrected chi connectivity index (χ1v) is 3.53. The molecule has 0 rings (SSSR count). The molecule has 9 heavy (non-hydrogen) atoms. The third-order valence-electron chi connectivity index (χ3n) is 0.455. The Bertz CT molecular complexity index is 106. The SMILES string of the molecule is [CH2-]OP(=O)(O)OCC.[Y]. The number of rotatable bonds is 3. The van der Waals surface area contributed by atoms with Gasteiger partial charge in [0.1, 0.15) is 0 Å². The Morgan fingerprint density at radius 2 is 2.22 bits per heavy atom. The molecule has 0 aliphatic rings. The summed E-state index contributed by atoms with van der Waals surface area (Å²) in [5, 5.41) is 0. The maximum atomic E-state index is 10.2. The van der Waals surface area contributed by atoms with E-state index in [4.69, 9.17) is 4.89 Å². The van der Waals surface area contributed by atoms with E-state index in [9.17, 15) is 4.57 Å². The van der Waals surface area contributed by atoms with Gasteiger partial charge in [-0.25, -0.2) is 11.7 Å². The zero-order valence-corrected chi connectivity index (χ0v) is 8.84. The summed E-state index contributed by atoms with van der Waals surface area (Å²) in [7, 11) is -1.05. The molecule has 6 heteroatoms. The van der Waals surface area contributed by atoms with Gasteiger partial charge in [0.25, 0.3) is 0 Å². The second-order valence-corrected chi connectivity index (χ2v) is 2.47. The molecule has 0 saturated carbocycles. The molecular weight excluding hydrogens is 220 g/mol. The van der Waals surface area contributed by atoms with Crippen LogP contribution in [0.2, 0.25) is 0 Å². The fraction of sp³-hybridized carbons (Fsp3) is 0.667. The van der Waals surface area contributed by atoms with Crippen LogP contribution in [0.4, 0.5) is 0 Å². The Morgan fingerprint density at radius 3 is 2.33 bits per heavy atom. The molecule has 53 valence electrons. The normalized spacial score (nSPS) is 15.9. The van der Waals surface area contributed by atoms with Crippen LogP contribution in [0.1, 0.15) is 6.92 Å². The molecule has 0 bridgehead atoms. The van der Waals surface area contributed by atoms with Crippen LogP contribution in [0.25, 0.3) is 0 Å². The monoisotopic (exact) mass is 228 g/mol. The van der Waals surface area contributed by atoms with Crippen molar-refractivity contribution < 1.29 is 51.2 Å². The molecule has 1 N–H and O–H groups in total. The van der Waals surface area contributed by atoms with E-state index < -0.39 is 7.82 Å². The molecule has 1 unspecified atom stereocenters. The number of hydrogen-bond donors (Lipinski definition) is 1. The van der Waals surface area contributed by atoms with E-state index in [0.29, 0.717) is 0 Å². The van der Waals surface area contributed by atoms with Crippen LogP contribution in [-0.4, -0.2) is 11.5 Å². The second-order valence-electron chi connectivity index (χ2n) is 1.02. The van der Waals surface area contributed by atoms with E-state index in [2.05, 4.69) is 16.2 Å².